The number of aliphatic hydroxyl groups is 3. The van der Waals surface area contributed by atoms with Crippen LogP contribution in [0.4, 0.5) is 0 Å². The second-order valence-electron chi connectivity index (χ2n) is 18.4. The van der Waals surface area contributed by atoms with Crippen LogP contribution in [0.1, 0.15) is 284 Å². The minimum absolute atomic E-state index is 0.380. The number of hydrogen-bond acceptors (Lipinski definition) is 4. The average Bonchev–Trinajstić information content (AvgIpc) is 3.25. The summed E-state index contributed by atoms with van der Waals surface area (Å²) in [5.41, 5.74) is 0. The smallest absolute Gasteiger partial charge is 0.249 e. The van der Waals surface area contributed by atoms with E-state index in [2.05, 4.69) is 43.5 Å². The zero-order chi connectivity index (χ0) is 43.7. The van der Waals surface area contributed by atoms with Gasteiger partial charge in [-0.25, -0.2) is 0 Å². The first-order chi connectivity index (χ1) is 29.6. The Balaban J connectivity index is 3.42. The van der Waals surface area contributed by atoms with Crippen LogP contribution in [0.3, 0.4) is 0 Å². The summed E-state index contributed by atoms with van der Waals surface area (Å²) >= 11 is 0. The highest BCUT2D eigenvalue weighted by molar-refractivity contribution is 5.80. The van der Waals surface area contributed by atoms with Crippen LogP contribution in [0.15, 0.2) is 36.5 Å². The molecule has 0 aromatic rings. The number of allylic oxidation sites excluding steroid dienone is 5. The van der Waals surface area contributed by atoms with E-state index >= 15 is 0 Å². The van der Waals surface area contributed by atoms with Gasteiger partial charge < -0.3 is 20.6 Å². The van der Waals surface area contributed by atoms with Crippen molar-refractivity contribution in [3.63, 3.8) is 0 Å². The minimum Gasteiger partial charge on any atom is -0.394 e. The summed E-state index contributed by atoms with van der Waals surface area (Å²) < 4.78 is 0. The van der Waals surface area contributed by atoms with E-state index in [1.807, 2.05) is 6.08 Å². The lowest BCUT2D eigenvalue weighted by Gasteiger charge is -2.21. The second-order valence-corrected chi connectivity index (χ2v) is 18.4. The third-order valence-electron chi connectivity index (χ3n) is 12.5. The molecule has 0 aromatic carbocycles. The van der Waals surface area contributed by atoms with Crippen molar-refractivity contribution in [2.45, 2.75) is 302 Å². The average molecular weight is 844 g/mol. The van der Waals surface area contributed by atoms with Crippen LogP contribution in [0, 0.1) is 0 Å². The number of nitrogens with one attached hydrogen (secondary N) is 1. The maximum absolute atomic E-state index is 12.5. The number of carbonyl (C=O) groups is 1. The van der Waals surface area contributed by atoms with Gasteiger partial charge in [0.25, 0.3) is 0 Å². The fourth-order valence-corrected chi connectivity index (χ4v) is 8.35. The van der Waals surface area contributed by atoms with E-state index in [1.165, 1.54) is 212 Å². The SMILES string of the molecule is CC/C=C/CC/C=C/CC/C=C/C(O)C(CO)NC(=O)C(O)CCCCCCCCCCCCCCCCCCCCCCCCCCCCCCCCCCCCCC. The molecule has 354 valence electrons. The van der Waals surface area contributed by atoms with Crippen LogP contribution in [0.25, 0.3) is 0 Å². The van der Waals surface area contributed by atoms with Gasteiger partial charge in [0.1, 0.15) is 6.10 Å². The molecule has 0 bridgehead atoms. The van der Waals surface area contributed by atoms with Gasteiger partial charge in [-0.3, -0.25) is 4.79 Å². The Morgan fingerprint density at radius 3 is 1.00 bits per heavy atom. The lowest BCUT2D eigenvalue weighted by molar-refractivity contribution is -0.131. The van der Waals surface area contributed by atoms with E-state index in [-0.39, 0.29) is 6.61 Å². The number of carbonyl (C=O) groups excluding carboxylic acids is 1. The Bertz CT molecular complexity index is 931. The highest BCUT2D eigenvalue weighted by Crippen LogP contribution is 2.18. The topological polar surface area (TPSA) is 89.8 Å². The Kier molecular flexibility index (Phi) is 49.0. The summed E-state index contributed by atoms with van der Waals surface area (Å²) in [4.78, 5) is 12.5. The lowest BCUT2D eigenvalue weighted by atomic mass is 10.0. The van der Waals surface area contributed by atoms with E-state index in [4.69, 9.17) is 0 Å². The maximum atomic E-state index is 12.5. The summed E-state index contributed by atoms with van der Waals surface area (Å²) in [5, 5.41) is 33.0. The summed E-state index contributed by atoms with van der Waals surface area (Å²) in [5.74, 6) is -0.516. The van der Waals surface area contributed by atoms with Crippen LogP contribution >= 0.6 is 0 Å². The quantitative estimate of drug-likeness (QED) is 0.0363. The van der Waals surface area contributed by atoms with Crippen LogP contribution in [0.2, 0.25) is 0 Å². The molecule has 3 atom stereocenters. The van der Waals surface area contributed by atoms with Crippen molar-refractivity contribution in [1.82, 2.24) is 5.32 Å². The minimum atomic E-state index is -1.11. The highest BCUT2D eigenvalue weighted by Gasteiger charge is 2.22. The van der Waals surface area contributed by atoms with Crippen molar-refractivity contribution in [1.29, 1.82) is 0 Å². The summed E-state index contributed by atoms with van der Waals surface area (Å²) in [6.45, 7) is 4.06. The Labute approximate surface area is 374 Å². The van der Waals surface area contributed by atoms with Gasteiger partial charge in [-0.15, -0.1) is 0 Å². The van der Waals surface area contributed by atoms with Crippen molar-refractivity contribution < 1.29 is 20.1 Å². The molecule has 5 nitrogen and oxygen atoms in total. The number of unbranched alkanes of at least 4 members (excludes halogenated alkanes) is 37. The van der Waals surface area contributed by atoms with Crippen LogP contribution in [-0.2, 0) is 4.79 Å². The number of hydrogen-bond donors (Lipinski definition) is 4. The molecule has 0 aromatic heterocycles. The van der Waals surface area contributed by atoms with Gasteiger partial charge in [0.15, 0.2) is 0 Å². The highest BCUT2D eigenvalue weighted by atomic mass is 16.3. The molecule has 0 radical (unpaired) electrons. The molecule has 0 saturated carbocycles. The van der Waals surface area contributed by atoms with Gasteiger partial charge in [-0.05, 0) is 38.5 Å². The number of aliphatic hydroxyl groups excluding tert-OH is 3. The van der Waals surface area contributed by atoms with E-state index in [0.29, 0.717) is 6.42 Å². The molecule has 0 rings (SSSR count). The molecule has 0 aliphatic carbocycles. The Morgan fingerprint density at radius 2 is 0.700 bits per heavy atom. The third kappa shape index (κ3) is 44.6. The van der Waals surface area contributed by atoms with E-state index in [0.717, 1.165) is 51.4 Å². The van der Waals surface area contributed by atoms with Crippen LogP contribution in [-0.4, -0.2) is 46.1 Å². The predicted octanol–water partition coefficient (Wildman–Crippen LogP) is 16.3. The van der Waals surface area contributed by atoms with Crippen LogP contribution in [0.5, 0.6) is 0 Å². The third-order valence-corrected chi connectivity index (χ3v) is 12.5. The van der Waals surface area contributed by atoms with Gasteiger partial charge in [0.2, 0.25) is 5.91 Å². The first-order valence-corrected chi connectivity index (χ1v) is 26.8. The zero-order valence-corrected chi connectivity index (χ0v) is 40.4. The van der Waals surface area contributed by atoms with Gasteiger partial charge in [-0.1, -0.05) is 281 Å². The normalized spacial score (nSPS) is 13.6. The molecule has 0 heterocycles. The van der Waals surface area contributed by atoms with Crippen molar-refractivity contribution in [2.75, 3.05) is 6.61 Å². The second kappa shape index (κ2) is 50.2. The first-order valence-electron chi connectivity index (χ1n) is 26.8. The molecule has 1 amide bonds. The van der Waals surface area contributed by atoms with Crippen molar-refractivity contribution in [2.24, 2.45) is 0 Å². The molecule has 5 heteroatoms. The zero-order valence-electron chi connectivity index (χ0n) is 40.4. The standard InChI is InChI=1S/C55H105NO4/c1-3-5-7-9-11-13-15-16-17-18-19-20-21-22-23-24-25-26-27-28-29-30-31-32-33-34-35-36-37-38-39-40-42-44-46-48-50-54(59)55(60)56-52(51-57)53(58)49-47-45-43-41-14-12-10-8-6-4-2/h6,8,14,41,47,49,52-54,57-59H,3-5,7,9-13,15-40,42-46,48,50-51H2,1-2H3,(H,56,60)/b8-6+,41-14+,49-47+. The molecule has 3 unspecified atom stereocenters. The molecule has 4 N–H and O–H groups in total. The Hall–Kier alpha value is -1.43. The van der Waals surface area contributed by atoms with Crippen molar-refractivity contribution in [3.05, 3.63) is 36.5 Å². The first kappa shape index (κ1) is 58.6. The predicted molar refractivity (Wildman–Crippen MR) is 264 cm³/mol. The van der Waals surface area contributed by atoms with E-state index in [1.54, 1.807) is 6.08 Å². The molecule has 0 fully saturated rings. The fraction of sp³-hybridized carbons (Fsp3) is 0.873. The summed E-state index contributed by atoms with van der Waals surface area (Å²) in [6.07, 6.45) is 65.5. The number of rotatable bonds is 49. The summed E-state index contributed by atoms with van der Waals surface area (Å²) in [7, 11) is 0. The van der Waals surface area contributed by atoms with Gasteiger partial charge in [0, 0.05) is 0 Å². The van der Waals surface area contributed by atoms with E-state index < -0.39 is 24.2 Å². The van der Waals surface area contributed by atoms with E-state index in [9.17, 15) is 20.1 Å². The molecule has 0 aliphatic heterocycles. The lowest BCUT2D eigenvalue weighted by Crippen LogP contribution is -2.48. The Morgan fingerprint density at radius 1 is 0.417 bits per heavy atom. The molecular formula is C55H105NO4. The molecule has 60 heavy (non-hydrogen) atoms. The monoisotopic (exact) mass is 844 g/mol. The molecule has 0 spiro atoms. The molecular weight excluding hydrogens is 739 g/mol. The van der Waals surface area contributed by atoms with Gasteiger partial charge in [0.05, 0.1) is 18.8 Å². The van der Waals surface area contributed by atoms with Gasteiger partial charge in [-0.2, -0.15) is 0 Å². The maximum Gasteiger partial charge on any atom is 0.249 e. The van der Waals surface area contributed by atoms with Crippen molar-refractivity contribution >= 4 is 5.91 Å². The molecule has 0 aliphatic rings. The number of amides is 1. The largest absolute Gasteiger partial charge is 0.394 e. The van der Waals surface area contributed by atoms with Crippen LogP contribution < -0.4 is 5.32 Å². The summed E-state index contributed by atoms with van der Waals surface area (Å²) in [6, 6.07) is -0.817. The molecule has 0 saturated heterocycles. The van der Waals surface area contributed by atoms with Gasteiger partial charge >= 0.3 is 0 Å². The fourth-order valence-electron chi connectivity index (χ4n) is 8.35. The van der Waals surface area contributed by atoms with Crippen molar-refractivity contribution in [3.8, 4) is 0 Å².